The number of carbonyl (C=O) groups excluding carboxylic acids is 2. The Morgan fingerprint density at radius 2 is 2.25 bits per heavy atom. The van der Waals surface area contributed by atoms with E-state index in [1.165, 1.54) is 0 Å². The monoisotopic (exact) mass is 275 g/mol. The minimum absolute atomic E-state index is 0.0668. The normalized spacial score (nSPS) is 26.7. The van der Waals surface area contributed by atoms with Crippen LogP contribution in [-0.4, -0.2) is 18.5 Å². The SMILES string of the molecule is O=C(COC(=O)[C@H]1C[C@H]2C=C[C@H]1C2)NCc1ccco1. The Labute approximate surface area is 117 Å². The molecule has 5 heteroatoms. The third-order valence-electron chi connectivity index (χ3n) is 3.97. The van der Waals surface area contributed by atoms with Gasteiger partial charge in [0, 0.05) is 0 Å². The molecule has 0 spiro atoms. The van der Waals surface area contributed by atoms with Crippen LogP contribution in [0, 0.1) is 17.8 Å². The van der Waals surface area contributed by atoms with Crippen LogP contribution in [0.5, 0.6) is 0 Å². The van der Waals surface area contributed by atoms with E-state index in [0.717, 1.165) is 12.8 Å². The van der Waals surface area contributed by atoms with Gasteiger partial charge in [-0.05, 0) is 36.8 Å². The van der Waals surface area contributed by atoms with Gasteiger partial charge in [0.25, 0.3) is 5.91 Å². The zero-order valence-electron chi connectivity index (χ0n) is 11.1. The van der Waals surface area contributed by atoms with E-state index in [0.29, 0.717) is 24.1 Å². The summed E-state index contributed by atoms with van der Waals surface area (Å²) < 4.78 is 10.2. The number of carbonyl (C=O) groups is 2. The smallest absolute Gasteiger partial charge is 0.310 e. The van der Waals surface area contributed by atoms with Gasteiger partial charge in [-0.2, -0.15) is 0 Å². The average molecular weight is 275 g/mol. The van der Waals surface area contributed by atoms with Crippen LogP contribution in [0.3, 0.4) is 0 Å². The summed E-state index contributed by atoms with van der Waals surface area (Å²) >= 11 is 0. The van der Waals surface area contributed by atoms with Crippen molar-refractivity contribution in [3.05, 3.63) is 36.3 Å². The molecule has 2 aliphatic carbocycles. The van der Waals surface area contributed by atoms with Crippen molar-refractivity contribution in [2.45, 2.75) is 19.4 Å². The number of nitrogens with one attached hydrogen (secondary N) is 1. The molecule has 5 nitrogen and oxygen atoms in total. The largest absolute Gasteiger partial charge is 0.467 e. The van der Waals surface area contributed by atoms with E-state index in [4.69, 9.17) is 9.15 Å². The third kappa shape index (κ3) is 2.76. The summed E-state index contributed by atoms with van der Waals surface area (Å²) in [7, 11) is 0. The van der Waals surface area contributed by atoms with Crippen molar-refractivity contribution in [3.8, 4) is 0 Å². The maximum Gasteiger partial charge on any atom is 0.310 e. The topological polar surface area (TPSA) is 68.5 Å². The van der Waals surface area contributed by atoms with Crippen molar-refractivity contribution in [2.24, 2.45) is 17.8 Å². The molecule has 1 heterocycles. The van der Waals surface area contributed by atoms with Crippen molar-refractivity contribution in [1.29, 1.82) is 0 Å². The van der Waals surface area contributed by atoms with Crippen LogP contribution >= 0.6 is 0 Å². The first kappa shape index (κ1) is 13.0. The number of fused-ring (bicyclic) bond motifs is 2. The van der Waals surface area contributed by atoms with E-state index in [-0.39, 0.29) is 24.4 Å². The van der Waals surface area contributed by atoms with Crippen LogP contribution in [0.15, 0.2) is 35.0 Å². The molecular weight excluding hydrogens is 258 g/mol. The lowest BCUT2D eigenvalue weighted by Gasteiger charge is -2.16. The highest BCUT2D eigenvalue weighted by Gasteiger charge is 2.40. The summed E-state index contributed by atoms with van der Waals surface area (Å²) in [6.07, 6.45) is 7.71. The molecule has 0 unspecified atom stereocenters. The van der Waals surface area contributed by atoms with E-state index in [1.807, 2.05) is 0 Å². The lowest BCUT2D eigenvalue weighted by atomic mass is 9.94. The van der Waals surface area contributed by atoms with Crippen LogP contribution < -0.4 is 5.32 Å². The van der Waals surface area contributed by atoms with Crippen LogP contribution in [0.1, 0.15) is 18.6 Å². The Morgan fingerprint density at radius 1 is 1.35 bits per heavy atom. The molecule has 0 radical (unpaired) electrons. The van der Waals surface area contributed by atoms with Gasteiger partial charge in [0.2, 0.25) is 0 Å². The third-order valence-corrected chi connectivity index (χ3v) is 3.97. The summed E-state index contributed by atoms with van der Waals surface area (Å²) in [5.41, 5.74) is 0. The molecular formula is C15H17NO4. The highest BCUT2D eigenvalue weighted by molar-refractivity contribution is 5.81. The molecule has 2 bridgehead atoms. The Balaban J connectivity index is 1.39. The van der Waals surface area contributed by atoms with Gasteiger partial charge in [-0.1, -0.05) is 12.2 Å². The molecule has 1 saturated carbocycles. The maximum absolute atomic E-state index is 11.9. The highest BCUT2D eigenvalue weighted by atomic mass is 16.5. The first-order valence-corrected chi connectivity index (χ1v) is 6.86. The second-order valence-corrected chi connectivity index (χ2v) is 5.35. The second kappa shape index (κ2) is 5.53. The molecule has 1 amide bonds. The fraction of sp³-hybridized carbons (Fsp3) is 0.467. The Bertz CT molecular complexity index is 520. The second-order valence-electron chi connectivity index (χ2n) is 5.35. The Morgan fingerprint density at radius 3 is 2.90 bits per heavy atom. The molecule has 2 aliphatic rings. The molecule has 1 fully saturated rings. The molecule has 1 N–H and O–H groups in total. The standard InChI is InChI=1S/C15H17NO4/c17-14(16-8-12-2-1-5-19-12)9-20-15(18)13-7-10-3-4-11(13)6-10/h1-5,10-11,13H,6-9H2,(H,16,17)/t10-,11-,13-/m0/s1. The van der Waals surface area contributed by atoms with Crippen molar-refractivity contribution in [1.82, 2.24) is 5.32 Å². The van der Waals surface area contributed by atoms with E-state index in [2.05, 4.69) is 17.5 Å². The minimum Gasteiger partial charge on any atom is -0.467 e. The molecule has 1 aromatic rings. The molecule has 0 aliphatic heterocycles. The van der Waals surface area contributed by atoms with Crippen LogP contribution in [0.2, 0.25) is 0 Å². The lowest BCUT2D eigenvalue weighted by Crippen LogP contribution is -2.30. The van der Waals surface area contributed by atoms with E-state index in [1.54, 1.807) is 18.4 Å². The number of allylic oxidation sites excluding steroid dienone is 2. The summed E-state index contributed by atoms with van der Waals surface area (Å²) in [4.78, 5) is 23.5. The van der Waals surface area contributed by atoms with Gasteiger partial charge >= 0.3 is 5.97 Å². The number of ether oxygens (including phenoxy) is 1. The van der Waals surface area contributed by atoms with Gasteiger partial charge in [0.05, 0.1) is 18.7 Å². The van der Waals surface area contributed by atoms with Crippen molar-refractivity contribution >= 4 is 11.9 Å². The van der Waals surface area contributed by atoms with Gasteiger partial charge in [0.15, 0.2) is 6.61 Å². The zero-order valence-corrected chi connectivity index (χ0v) is 11.1. The van der Waals surface area contributed by atoms with E-state index < -0.39 is 0 Å². The number of hydrogen-bond donors (Lipinski definition) is 1. The minimum atomic E-state index is -0.312. The van der Waals surface area contributed by atoms with Crippen LogP contribution in [0.4, 0.5) is 0 Å². The first-order chi connectivity index (χ1) is 9.72. The lowest BCUT2D eigenvalue weighted by molar-refractivity contribution is -0.153. The predicted molar refractivity (Wildman–Crippen MR) is 70.4 cm³/mol. The number of amides is 1. The van der Waals surface area contributed by atoms with Crippen LogP contribution in [0.25, 0.3) is 0 Å². The molecule has 3 atom stereocenters. The van der Waals surface area contributed by atoms with Gasteiger partial charge in [-0.25, -0.2) is 0 Å². The summed E-state index contributed by atoms with van der Waals surface area (Å²) in [5.74, 6) is 0.859. The van der Waals surface area contributed by atoms with Crippen molar-refractivity contribution < 1.29 is 18.7 Å². The molecule has 1 aromatic heterocycles. The predicted octanol–water partition coefficient (Wildman–Crippen LogP) is 1.65. The van der Waals surface area contributed by atoms with Gasteiger partial charge in [-0.3, -0.25) is 9.59 Å². The summed E-state index contributed by atoms with van der Waals surface area (Å²) in [6, 6.07) is 3.53. The van der Waals surface area contributed by atoms with Gasteiger partial charge < -0.3 is 14.5 Å². The van der Waals surface area contributed by atoms with E-state index in [9.17, 15) is 9.59 Å². The molecule has 106 valence electrons. The zero-order chi connectivity index (χ0) is 13.9. The quantitative estimate of drug-likeness (QED) is 0.655. The number of hydrogen-bond acceptors (Lipinski definition) is 4. The molecule has 20 heavy (non-hydrogen) atoms. The average Bonchev–Trinajstić information content (AvgIpc) is 3.18. The fourth-order valence-corrected chi connectivity index (χ4v) is 2.95. The van der Waals surface area contributed by atoms with Crippen molar-refractivity contribution in [3.63, 3.8) is 0 Å². The van der Waals surface area contributed by atoms with Gasteiger partial charge in [-0.15, -0.1) is 0 Å². The molecule has 3 rings (SSSR count). The van der Waals surface area contributed by atoms with Gasteiger partial charge in [0.1, 0.15) is 5.76 Å². The number of rotatable bonds is 5. The summed E-state index contributed by atoms with van der Waals surface area (Å²) in [5, 5.41) is 2.64. The summed E-state index contributed by atoms with van der Waals surface area (Å²) in [6.45, 7) is 0.0807. The fourth-order valence-electron chi connectivity index (χ4n) is 2.95. The van der Waals surface area contributed by atoms with Crippen LogP contribution in [-0.2, 0) is 20.9 Å². The molecule has 0 aromatic carbocycles. The number of esters is 1. The number of furan rings is 1. The highest BCUT2D eigenvalue weighted by Crippen LogP contribution is 2.43. The molecule has 0 saturated heterocycles. The Kier molecular flexibility index (Phi) is 3.58. The maximum atomic E-state index is 11.9. The van der Waals surface area contributed by atoms with E-state index >= 15 is 0 Å². The Hall–Kier alpha value is -2.04. The first-order valence-electron chi connectivity index (χ1n) is 6.86. The van der Waals surface area contributed by atoms with Crippen molar-refractivity contribution in [2.75, 3.05) is 6.61 Å².